The summed E-state index contributed by atoms with van der Waals surface area (Å²) in [6.45, 7) is 5.14. The van der Waals surface area contributed by atoms with Crippen molar-refractivity contribution >= 4 is 28.9 Å². The van der Waals surface area contributed by atoms with Crippen molar-refractivity contribution in [2.45, 2.75) is 44.3 Å². The second-order valence-corrected chi connectivity index (χ2v) is 9.52. The fourth-order valence-electron chi connectivity index (χ4n) is 4.35. The Labute approximate surface area is 208 Å². The van der Waals surface area contributed by atoms with Crippen molar-refractivity contribution in [3.8, 4) is 0 Å². The highest BCUT2D eigenvalue weighted by Crippen LogP contribution is 2.31. The van der Waals surface area contributed by atoms with Crippen LogP contribution in [0.1, 0.15) is 36.8 Å². The first-order valence-electron chi connectivity index (χ1n) is 12.2. The number of nitrogens with zero attached hydrogens (tertiary/aromatic N) is 2. The fourth-order valence-corrected chi connectivity index (χ4v) is 4.35. The Hall–Kier alpha value is -3.20. The van der Waals surface area contributed by atoms with Gasteiger partial charge in [0.1, 0.15) is 5.57 Å². The van der Waals surface area contributed by atoms with E-state index in [1.807, 2.05) is 4.90 Å². The van der Waals surface area contributed by atoms with Gasteiger partial charge in [-0.15, -0.1) is 0 Å². The molecule has 0 unspecified atom stereocenters. The summed E-state index contributed by atoms with van der Waals surface area (Å²) in [7, 11) is 0. The monoisotopic (exact) mass is 502 g/mol. The number of halogens is 3. The van der Waals surface area contributed by atoms with Gasteiger partial charge in [0, 0.05) is 48.9 Å². The van der Waals surface area contributed by atoms with Crippen molar-refractivity contribution in [3.05, 3.63) is 53.6 Å². The number of rotatable bonds is 8. The quantitative estimate of drug-likeness (QED) is 0.474. The Morgan fingerprint density at radius 1 is 1.19 bits per heavy atom. The number of carbonyl (C=O) groups excluding carboxylic acids is 2. The maximum atomic E-state index is 13.6. The predicted octanol–water partition coefficient (Wildman–Crippen LogP) is 2.10. The van der Waals surface area contributed by atoms with E-state index in [1.54, 1.807) is 30.4 Å². The van der Waals surface area contributed by atoms with Gasteiger partial charge in [-0.2, -0.15) is 13.2 Å². The Balaban J connectivity index is 1.54. The summed E-state index contributed by atoms with van der Waals surface area (Å²) in [6, 6.07) is 4.98. The molecule has 1 aromatic carbocycles. The van der Waals surface area contributed by atoms with Gasteiger partial charge in [0.15, 0.2) is 0 Å². The van der Waals surface area contributed by atoms with Crippen LogP contribution in [-0.2, 0) is 16.0 Å². The molecule has 1 aromatic rings. The van der Waals surface area contributed by atoms with E-state index in [9.17, 15) is 22.8 Å². The highest BCUT2D eigenvalue weighted by Gasteiger charge is 2.43. The van der Waals surface area contributed by atoms with E-state index in [0.29, 0.717) is 22.5 Å². The maximum absolute atomic E-state index is 13.6. The lowest BCUT2D eigenvalue weighted by atomic mass is 9.91. The molecule has 0 atom stereocenters. The van der Waals surface area contributed by atoms with Crippen LogP contribution in [0.15, 0.2) is 42.5 Å². The number of benzene rings is 1. The second-order valence-electron chi connectivity index (χ2n) is 9.52. The zero-order valence-electron chi connectivity index (χ0n) is 20.0. The maximum Gasteiger partial charge on any atom is 0.423 e. The number of alkyl halides is 3. The minimum Gasteiger partial charge on any atom is -0.352 e. The molecule has 7 nitrogen and oxygen atoms in total. The van der Waals surface area contributed by atoms with E-state index in [1.165, 1.54) is 0 Å². The van der Waals surface area contributed by atoms with Gasteiger partial charge in [0.2, 0.25) is 11.8 Å². The summed E-state index contributed by atoms with van der Waals surface area (Å²) < 4.78 is 45.0. The molecule has 2 fully saturated rings. The highest BCUT2D eigenvalue weighted by molar-refractivity contribution is 6.19. The molecule has 1 aliphatic carbocycles. The van der Waals surface area contributed by atoms with Gasteiger partial charge in [0.05, 0.1) is 18.5 Å². The van der Waals surface area contributed by atoms with Gasteiger partial charge in [-0.3, -0.25) is 14.5 Å². The molecule has 2 heterocycles. The summed E-state index contributed by atoms with van der Waals surface area (Å²) in [5, 5.41) is 5.66. The zero-order chi connectivity index (χ0) is 25.9. The first-order chi connectivity index (χ1) is 17.1. The molecular formula is C26H31F3N5O2+. The average molecular weight is 503 g/mol. The third-order valence-corrected chi connectivity index (χ3v) is 6.60. The molecule has 0 spiro atoms. The molecule has 1 saturated heterocycles. The lowest BCUT2D eigenvalue weighted by molar-refractivity contribution is -0.122. The third-order valence-electron chi connectivity index (χ3n) is 6.60. The fraction of sp³-hybridized carbons (Fsp3) is 0.462. The number of allylic oxidation sites excluding steroid dienone is 2. The molecule has 2 aliphatic heterocycles. The van der Waals surface area contributed by atoms with E-state index in [4.69, 9.17) is 5.73 Å². The smallest absolute Gasteiger partial charge is 0.352 e. The van der Waals surface area contributed by atoms with Crippen LogP contribution in [0, 0.1) is 5.92 Å². The van der Waals surface area contributed by atoms with Crippen LogP contribution in [0.25, 0.3) is 0 Å². The van der Waals surface area contributed by atoms with Crippen LogP contribution < -0.4 is 21.0 Å². The minimum atomic E-state index is -4.66. The Bertz CT molecular complexity index is 1140. The first-order valence-corrected chi connectivity index (χ1v) is 12.2. The normalized spacial score (nSPS) is 18.9. The van der Waals surface area contributed by atoms with Gasteiger partial charge in [-0.25, -0.2) is 0 Å². The number of piperidine rings is 1. The summed E-state index contributed by atoms with van der Waals surface area (Å²) in [6.07, 6.45) is 2.25. The van der Waals surface area contributed by atoms with Crippen molar-refractivity contribution in [2.24, 2.45) is 11.7 Å². The predicted molar refractivity (Wildman–Crippen MR) is 134 cm³/mol. The summed E-state index contributed by atoms with van der Waals surface area (Å²) >= 11 is 0. The van der Waals surface area contributed by atoms with E-state index in [0.717, 1.165) is 38.8 Å². The molecule has 3 aliphatic rings. The molecular weight excluding hydrogens is 471 g/mol. The SMILES string of the molecule is C=C(C1=[N+]=C(/C=C/CNC(=O)C2CC2)Cc2c(NC(=O)CN3CCC(N)CC3)cccc21)C(F)(F)F. The lowest BCUT2D eigenvalue weighted by Gasteiger charge is -2.29. The molecule has 2 amide bonds. The number of amides is 2. The van der Waals surface area contributed by atoms with Crippen LogP contribution in [0.2, 0.25) is 0 Å². The molecule has 1 saturated carbocycles. The molecule has 4 rings (SSSR count). The molecule has 0 bridgehead atoms. The standard InChI is InChI=1S/C26H30F3N5O2/c1-16(26(27,28)29)24-20-5-2-6-22(33-23(35)15-34-12-9-18(30)10-13-34)21(20)14-19(32-24)4-3-11-31-25(36)17-7-8-17/h2-6,17-18H,1,7-15,30H2,(H-,31,33,35,36)/p+1/b4-3+. The molecule has 0 radical (unpaired) electrons. The number of hydrogen-bond donors (Lipinski definition) is 3. The van der Waals surface area contributed by atoms with Crippen LogP contribution in [0.5, 0.6) is 0 Å². The number of anilines is 1. The molecule has 4 N–H and O–H groups in total. The van der Waals surface area contributed by atoms with Crippen LogP contribution in [0.4, 0.5) is 18.9 Å². The van der Waals surface area contributed by atoms with Crippen LogP contribution in [0.3, 0.4) is 0 Å². The third kappa shape index (κ3) is 6.51. The van der Waals surface area contributed by atoms with Gasteiger partial charge < -0.3 is 16.4 Å². The van der Waals surface area contributed by atoms with Crippen LogP contribution >= 0.6 is 0 Å². The van der Waals surface area contributed by atoms with Crippen molar-refractivity contribution in [2.75, 3.05) is 31.5 Å². The van der Waals surface area contributed by atoms with Crippen molar-refractivity contribution in [1.82, 2.24) is 14.9 Å². The van der Waals surface area contributed by atoms with E-state index in [-0.39, 0.29) is 49.0 Å². The first kappa shape index (κ1) is 25.9. The number of fused-ring (bicyclic) bond motifs is 1. The van der Waals surface area contributed by atoms with Gasteiger partial charge in [0.25, 0.3) is 0 Å². The highest BCUT2D eigenvalue weighted by atomic mass is 19.4. The number of nitrogens with two attached hydrogens (primary N) is 1. The van der Waals surface area contributed by atoms with Gasteiger partial charge in [-0.05, 0) is 37.8 Å². The van der Waals surface area contributed by atoms with E-state index in [2.05, 4.69) is 21.9 Å². The molecule has 192 valence electrons. The van der Waals surface area contributed by atoms with E-state index < -0.39 is 11.7 Å². The Kier molecular flexibility index (Phi) is 7.78. The van der Waals surface area contributed by atoms with Crippen molar-refractivity contribution < 1.29 is 22.8 Å². The lowest BCUT2D eigenvalue weighted by Crippen LogP contribution is -2.43. The van der Waals surface area contributed by atoms with Crippen molar-refractivity contribution in [3.63, 3.8) is 0 Å². The van der Waals surface area contributed by atoms with Gasteiger partial charge >= 0.3 is 17.6 Å². The number of carbonyl (C=O) groups is 2. The largest absolute Gasteiger partial charge is 0.423 e. The second kappa shape index (κ2) is 10.8. The van der Waals surface area contributed by atoms with E-state index >= 15 is 0 Å². The summed E-state index contributed by atoms with van der Waals surface area (Å²) in [5.41, 5.74) is 6.27. The number of hydrogen-bond acceptors (Lipinski definition) is 4. The number of nitrogens with one attached hydrogen (secondary N) is 2. The molecule has 10 heteroatoms. The number of likely N-dealkylation sites (tertiary alicyclic amines) is 1. The van der Waals surface area contributed by atoms with Gasteiger partial charge in [-0.1, -0.05) is 23.4 Å². The topological polar surface area (TPSA) is 102 Å². The molecule has 36 heavy (non-hydrogen) atoms. The zero-order valence-corrected chi connectivity index (χ0v) is 20.0. The summed E-state index contributed by atoms with van der Waals surface area (Å²) in [4.78, 5) is 26.6. The van der Waals surface area contributed by atoms with Crippen molar-refractivity contribution in [1.29, 1.82) is 0 Å². The summed E-state index contributed by atoms with van der Waals surface area (Å²) in [5.74, 6) is -0.188. The Morgan fingerprint density at radius 3 is 2.58 bits per heavy atom. The minimum absolute atomic E-state index is 0.0195. The Morgan fingerprint density at radius 2 is 1.92 bits per heavy atom. The molecule has 0 aromatic heterocycles. The average Bonchev–Trinajstić information content (AvgIpc) is 3.68. The van der Waals surface area contributed by atoms with Crippen LogP contribution in [-0.4, -0.2) is 66.5 Å².